The van der Waals surface area contributed by atoms with E-state index in [1.165, 1.54) is 0 Å². The van der Waals surface area contributed by atoms with Crippen LogP contribution in [0.3, 0.4) is 0 Å². The monoisotopic (exact) mass is 484 g/mol. The third-order valence-corrected chi connectivity index (χ3v) is 7.45. The Hall–Kier alpha value is -3.94. The number of aryl methyl sites for hydroxylation is 4. The molecular formula is C28H32N6O2. The van der Waals surface area contributed by atoms with Gasteiger partial charge in [-0.25, -0.2) is 4.98 Å². The Labute approximate surface area is 210 Å². The number of amides is 2. The van der Waals surface area contributed by atoms with Gasteiger partial charge in [-0.15, -0.1) is 0 Å². The number of rotatable bonds is 4. The lowest BCUT2D eigenvalue weighted by Gasteiger charge is -2.39. The fourth-order valence-corrected chi connectivity index (χ4v) is 5.38. The Balaban J connectivity index is 1.42. The van der Waals surface area contributed by atoms with Crippen LogP contribution in [-0.2, 0) is 14.1 Å². The van der Waals surface area contributed by atoms with Crippen LogP contribution in [0.15, 0.2) is 48.8 Å². The average Bonchev–Trinajstić information content (AvgIpc) is 3.37. The lowest BCUT2D eigenvalue weighted by molar-refractivity contribution is 0.0671. The van der Waals surface area contributed by atoms with E-state index in [1.807, 2.05) is 67.6 Å². The average molecular weight is 485 g/mol. The number of piperidine rings is 1. The number of nitrogens with zero attached hydrogens (tertiary/aromatic N) is 5. The molecule has 2 aromatic heterocycles. The Morgan fingerprint density at radius 1 is 1.06 bits per heavy atom. The largest absolute Gasteiger partial charge is 0.347 e. The molecule has 0 saturated carbocycles. The molecule has 0 radical (unpaired) electrons. The fraction of sp³-hybridized carbons (Fsp3) is 0.357. The maximum atomic E-state index is 13.6. The van der Waals surface area contributed by atoms with Gasteiger partial charge in [0.15, 0.2) is 0 Å². The molecule has 1 N–H and O–H groups in total. The van der Waals surface area contributed by atoms with Crippen molar-refractivity contribution < 1.29 is 9.59 Å². The number of nitrogens with one attached hydrogen (secondary N) is 1. The molecule has 0 unspecified atom stereocenters. The second-order valence-corrected chi connectivity index (χ2v) is 9.84. The van der Waals surface area contributed by atoms with Crippen LogP contribution < -0.4 is 5.32 Å². The molecule has 1 fully saturated rings. The molecule has 36 heavy (non-hydrogen) atoms. The van der Waals surface area contributed by atoms with Gasteiger partial charge in [-0.2, -0.15) is 5.10 Å². The summed E-state index contributed by atoms with van der Waals surface area (Å²) in [6.07, 6.45) is 2.44. The molecule has 0 aliphatic carbocycles. The number of aromatic nitrogens is 4. The highest BCUT2D eigenvalue weighted by Crippen LogP contribution is 2.30. The van der Waals surface area contributed by atoms with Crippen LogP contribution in [0.4, 0.5) is 0 Å². The maximum absolute atomic E-state index is 13.6. The predicted octanol–water partition coefficient (Wildman–Crippen LogP) is 3.66. The predicted molar refractivity (Wildman–Crippen MR) is 139 cm³/mol. The molecule has 8 heteroatoms. The summed E-state index contributed by atoms with van der Waals surface area (Å²) in [4.78, 5) is 33.3. The summed E-state index contributed by atoms with van der Waals surface area (Å²) in [7, 11) is 3.74. The zero-order valence-corrected chi connectivity index (χ0v) is 21.4. The van der Waals surface area contributed by atoms with Gasteiger partial charge >= 0.3 is 0 Å². The van der Waals surface area contributed by atoms with Crippen LogP contribution in [0.2, 0.25) is 0 Å². The first-order valence-electron chi connectivity index (χ1n) is 12.3. The van der Waals surface area contributed by atoms with Crippen LogP contribution in [0.1, 0.15) is 55.6 Å². The van der Waals surface area contributed by atoms with Crippen molar-refractivity contribution in [3.8, 4) is 0 Å². The molecular weight excluding hydrogens is 452 g/mol. The molecule has 1 aliphatic heterocycles. The van der Waals surface area contributed by atoms with E-state index in [0.717, 1.165) is 33.4 Å². The van der Waals surface area contributed by atoms with Crippen molar-refractivity contribution in [1.29, 1.82) is 0 Å². The number of hydrogen-bond donors (Lipinski definition) is 1. The summed E-state index contributed by atoms with van der Waals surface area (Å²) in [6, 6.07) is 13.9. The molecule has 2 amide bonds. The highest BCUT2D eigenvalue weighted by atomic mass is 16.2. The van der Waals surface area contributed by atoms with Crippen LogP contribution in [-0.4, -0.2) is 55.2 Å². The Morgan fingerprint density at radius 3 is 2.50 bits per heavy atom. The molecule has 0 spiro atoms. The SMILES string of the molecule is Cc1nn(C)c(C(=O)N[C@@H]2CCN(C(=O)c3cc(C)c4ncn(C)c4c3)C[C@@H]2c2ccccc2)c1C. The van der Waals surface area contributed by atoms with Gasteiger partial charge in [-0.1, -0.05) is 30.3 Å². The Morgan fingerprint density at radius 2 is 1.81 bits per heavy atom. The molecule has 0 bridgehead atoms. The quantitative estimate of drug-likeness (QED) is 0.479. The van der Waals surface area contributed by atoms with E-state index < -0.39 is 0 Å². The summed E-state index contributed by atoms with van der Waals surface area (Å²) in [5.74, 6) is -0.146. The van der Waals surface area contributed by atoms with E-state index in [-0.39, 0.29) is 23.8 Å². The van der Waals surface area contributed by atoms with Crippen LogP contribution >= 0.6 is 0 Å². The summed E-state index contributed by atoms with van der Waals surface area (Å²) >= 11 is 0. The topological polar surface area (TPSA) is 85.1 Å². The number of imidazole rings is 1. The normalized spacial score (nSPS) is 18.0. The zero-order valence-electron chi connectivity index (χ0n) is 21.4. The van der Waals surface area contributed by atoms with Crippen LogP contribution in [0.5, 0.6) is 0 Å². The number of hydrogen-bond acceptors (Lipinski definition) is 4. The Kier molecular flexibility index (Phi) is 6.12. The molecule has 2 atom stereocenters. The van der Waals surface area contributed by atoms with Crippen molar-refractivity contribution in [1.82, 2.24) is 29.5 Å². The number of likely N-dealkylation sites (tertiary alicyclic amines) is 1. The van der Waals surface area contributed by atoms with Crippen LogP contribution in [0.25, 0.3) is 11.0 Å². The van der Waals surface area contributed by atoms with Gasteiger partial charge < -0.3 is 14.8 Å². The van der Waals surface area contributed by atoms with E-state index in [2.05, 4.69) is 27.5 Å². The smallest absolute Gasteiger partial charge is 0.270 e. The van der Waals surface area contributed by atoms with E-state index in [1.54, 1.807) is 18.1 Å². The summed E-state index contributed by atoms with van der Waals surface area (Å²) in [6.45, 7) is 6.92. The molecule has 3 heterocycles. The van der Waals surface area contributed by atoms with Crippen molar-refractivity contribution in [3.05, 3.63) is 82.4 Å². The molecule has 1 saturated heterocycles. The standard InChI is InChI=1S/C28H32N6O2/c1-17-13-21(14-24-25(17)29-16-32(24)4)28(36)34-12-11-23(22(15-34)20-9-7-6-8-10-20)30-27(35)26-18(2)19(3)31-33(26)5/h6-10,13-14,16,22-23H,11-12,15H2,1-5H3,(H,30,35)/t22-,23-/m1/s1. The van der Waals surface area contributed by atoms with Gasteiger partial charge in [0.1, 0.15) is 5.69 Å². The number of carbonyl (C=O) groups excluding carboxylic acids is 2. The molecule has 186 valence electrons. The molecule has 1 aliphatic rings. The summed E-state index contributed by atoms with van der Waals surface area (Å²) in [5, 5.41) is 7.66. The molecule has 2 aromatic carbocycles. The number of benzene rings is 2. The third-order valence-electron chi connectivity index (χ3n) is 7.45. The first kappa shape index (κ1) is 23.8. The minimum Gasteiger partial charge on any atom is -0.347 e. The molecule has 5 rings (SSSR count). The molecule has 8 nitrogen and oxygen atoms in total. The lowest BCUT2D eigenvalue weighted by atomic mass is 9.85. The zero-order chi connectivity index (χ0) is 25.6. The third kappa shape index (κ3) is 4.17. The van der Waals surface area contributed by atoms with Gasteiger partial charge in [0.2, 0.25) is 0 Å². The summed E-state index contributed by atoms with van der Waals surface area (Å²) in [5.41, 5.74) is 6.94. The first-order chi connectivity index (χ1) is 17.2. The van der Waals surface area contributed by atoms with Crippen molar-refractivity contribution in [3.63, 3.8) is 0 Å². The summed E-state index contributed by atoms with van der Waals surface area (Å²) < 4.78 is 3.59. The highest BCUT2D eigenvalue weighted by molar-refractivity contribution is 5.98. The maximum Gasteiger partial charge on any atom is 0.270 e. The fourth-order valence-electron chi connectivity index (χ4n) is 5.38. The number of fused-ring (bicyclic) bond motifs is 1. The van der Waals surface area contributed by atoms with Crippen molar-refractivity contribution in [2.75, 3.05) is 13.1 Å². The van der Waals surface area contributed by atoms with Gasteiger partial charge in [-0.3, -0.25) is 14.3 Å². The van der Waals surface area contributed by atoms with Crippen molar-refractivity contribution >= 4 is 22.8 Å². The van der Waals surface area contributed by atoms with Crippen molar-refractivity contribution in [2.45, 2.75) is 39.2 Å². The Bertz CT molecular complexity index is 1450. The van der Waals surface area contributed by atoms with Gasteiger partial charge in [0.25, 0.3) is 11.8 Å². The van der Waals surface area contributed by atoms with Crippen molar-refractivity contribution in [2.24, 2.45) is 14.1 Å². The van der Waals surface area contributed by atoms with E-state index >= 15 is 0 Å². The highest BCUT2D eigenvalue weighted by Gasteiger charge is 2.35. The minimum atomic E-state index is -0.126. The lowest BCUT2D eigenvalue weighted by Crippen LogP contribution is -2.51. The first-order valence-corrected chi connectivity index (χ1v) is 12.3. The second-order valence-electron chi connectivity index (χ2n) is 9.84. The van der Waals surface area contributed by atoms with Gasteiger partial charge in [0.05, 0.1) is 23.1 Å². The number of carbonyl (C=O) groups is 2. The van der Waals surface area contributed by atoms with Crippen LogP contribution in [0, 0.1) is 20.8 Å². The van der Waals surface area contributed by atoms with E-state index in [0.29, 0.717) is 30.8 Å². The van der Waals surface area contributed by atoms with E-state index in [9.17, 15) is 9.59 Å². The molecule has 4 aromatic rings. The van der Waals surface area contributed by atoms with Gasteiger partial charge in [0, 0.05) is 50.3 Å². The van der Waals surface area contributed by atoms with Gasteiger partial charge in [-0.05, 0) is 50.5 Å². The minimum absolute atomic E-state index is 0.00464. The van der Waals surface area contributed by atoms with E-state index in [4.69, 9.17) is 0 Å². The second kappa shape index (κ2) is 9.26.